The van der Waals surface area contributed by atoms with Crippen LogP contribution in [0.4, 0.5) is 4.79 Å². The van der Waals surface area contributed by atoms with Crippen LogP contribution in [0.2, 0.25) is 5.02 Å². The maximum Gasteiger partial charge on any atom is 0.407 e. The van der Waals surface area contributed by atoms with Gasteiger partial charge in [0.05, 0.1) is 0 Å². The number of ether oxygens (including phenoxy) is 1. The molecule has 0 bridgehead atoms. The fraction of sp³-hybridized carbons (Fsp3) is 0.235. The van der Waals surface area contributed by atoms with Crippen molar-refractivity contribution in [2.45, 2.75) is 18.8 Å². The standard InChI is InChI=1S/C17H17BrClNO4/c18-12-6-7-13(14(19)8-12)16(22)15(21)9-20-17(23)24-10-11-4-2-1-3-5-11/h1-8,15-16,21-22H,9-10H2,(H,20,23). The molecule has 7 heteroatoms. The zero-order valence-corrected chi connectivity index (χ0v) is 15.0. The Morgan fingerprint density at radius 2 is 1.92 bits per heavy atom. The SMILES string of the molecule is O=C(NCC(O)C(O)c1ccc(Br)cc1Cl)OCc1ccccc1. The number of halogens is 2. The van der Waals surface area contributed by atoms with Gasteiger partial charge < -0.3 is 20.3 Å². The fourth-order valence-electron chi connectivity index (χ4n) is 2.02. The monoisotopic (exact) mass is 413 g/mol. The zero-order chi connectivity index (χ0) is 17.5. The first-order valence-electron chi connectivity index (χ1n) is 7.23. The summed E-state index contributed by atoms with van der Waals surface area (Å²) in [6.07, 6.45) is -3.11. The van der Waals surface area contributed by atoms with Crippen LogP contribution < -0.4 is 5.32 Å². The summed E-state index contributed by atoms with van der Waals surface area (Å²) in [4.78, 5) is 11.6. The average molecular weight is 415 g/mol. The normalized spacial score (nSPS) is 13.2. The highest BCUT2D eigenvalue weighted by molar-refractivity contribution is 9.10. The molecule has 2 aromatic carbocycles. The molecule has 2 aromatic rings. The van der Waals surface area contributed by atoms with Crippen LogP contribution in [0.5, 0.6) is 0 Å². The van der Waals surface area contributed by atoms with Gasteiger partial charge in [-0.25, -0.2) is 4.79 Å². The minimum absolute atomic E-state index is 0.129. The molecule has 128 valence electrons. The van der Waals surface area contributed by atoms with Crippen molar-refractivity contribution in [2.75, 3.05) is 6.54 Å². The van der Waals surface area contributed by atoms with Crippen LogP contribution in [0.1, 0.15) is 17.2 Å². The maximum absolute atomic E-state index is 11.6. The lowest BCUT2D eigenvalue weighted by molar-refractivity contribution is 0.0184. The van der Waals surface area contributed by atoms with E-state index in [1.54, 1.807) is 18.2 Å². The fourth-order valence-corrected chi connectivity index (χ4v) is 2.81. The molecule has 0 saturated carbocycles. The van der Waals surface area contributed by atoms with Gasteiger partial charge in [-0.3, -0.25) is 0 Å². The van der Waals surface area contributed by atoms with Gasteiger partial charge in [0.2, 0.25) is 0 Å². The Labute approximate surface area is 153 Å². The molecule has 0 fully saturated rings. The van der Waals surface area contributed by atoms with Gasteiger partial charge in [0.15, 0.2) is 0 Å². The van der Waals surface area contributed by atoms with Crippen molar-refractivity contribution < 1.29 is 19.7 Å². The number of carbonyl (C=O) groups is 1. The third-order valence-corrected chi connectivity index (χ3v) is 4.13. The van der Waals surface area contributed by atoms with E-state index in [9.17, 15) is 15.0 Å². The number of amides is 1. The molecule has 0 aliphatic carbocycles. The lowest BCUT2D eigenvalue weighted by Gasteiger charge is -2.19. The molecule has 3 N–H and O–H groups in total. The van der Waals surface area contributed by atoms with E-state index in [0.717, 1.165) is 10.0 Å². The van der Waals surface area contributed by atoms with Crippen LogP contribution in [0.25, 0.3) is 0 Å². The van der Waals surface area contributed by atoms with Gasteiger partial charge in [-0.15, -0.1) is 0 Å². The molecule has 0 heterocycles. The number of alkyl carbamates (subject to hydrolysis) is 1. The largest absolute Gasteiger partial charge is 0.445 e. The smallest absolute Gasteiger partial charge is 0.407 e. The zero-order valence-electron chi connectivity index (χ0n) is 12.7. The predicted molar refractivity (Wildman–Crippen MR) is 94.7 cm³/mol. The molecule has 0 spiro atoms. The van der Waals surface area contributed by atoms with Crippen molar-refractivity contribution in [1.29, 1.82) is 0 Å². The van der Waals surface area contributed by atoms with Crippen LogP contribution >= 0.6 is 27.5 Å². The van der Waals surface area contributed by atoms with Crippen LogP contribution in [-0.4, -0.2) is 29.0 Å². The van der Waals surface area contributed by atoms with Crippen LogP contribution in [0.3, 0.4) is 0 Å². The Balaban J connectivity index is 1.81. The van der Waals surface area contributed by atoms with Crippen molar-refractivity contribution >= 4 is 33.6 Å². The Morgan fingerprint density at radius 1 is 1.21 bits per heavy atom. The first kappa shape index (κ1) is 18.7. The van der Waals surface area contributed by atoms with Crippen molar-refractivity contribution in [3.8, 4) is 0 Å². The Hall–Kier alpha value is -1.60. The predicted octanol–water partition coefficient (Wildman–Crippen LogP) is 3.42. The summed E-state index contributed by atoms with van der Waals surface area (Å²) in [6, 6.07) is 14.2. The van der Waals surface area contributed by atoms with E-state index >= 15 is 0 Å². The minimum atomic E-state index is -1.22. The van der Waals surface area contributed by atoms with Gasteiger partial charge in [-0.2, -0.15) is 0 Å². The number of aliphatic hydroxyl groups excluding tert-OH is 2. The molecule has 2 rings (SSSR count). The third-order valence-electron chi connectivity index (χ3n) is 3.31. The van der Waals surface area contributed by atoms with Gasteiger partial charge >= 0.3 is 6.09 Å². The van der Waals surface area contributed by atoms with Crippen molar-refractivity contribution in [1.82, 2.24) is 5.32 Å². The number of hydrogen-bond donors (Lipinski definition) is 3. The Kier molecular flexibility index (Phi) is 7.05. The number of aliphatic hydroxyl groups is 2. The molecule has 24 heavy (non-hydrogen) atoms. The summed E-state index contributed by atoms with van der Waals surface area (Å²) in [6.45, 7) is -0.0367. The van der Waals surface area contributed by atoms with E-state index in [-0.39, 0.29) is 13.2 Å². The summed E-state index contributed by atoms with van der Waals surface area (Å²) < 4.78 is 5.79. The minimum Gasteiger partial charge on any atom is -0.445 e. The second-order valence-electron chi connectivity index (χ2n) is 5.12. The summed E-state index contributed by atoms with van der Waals surface area (Å²) in [5.41, 5.74) is 1.24. The summed E-state index contributed by atoms with van der Waals surface area (Å²) in [5, 5.41) is 22.9. The van der Waals surface area contributed by atoms with Gasteiger partial charge in [-0.1, -0.05) is 63.9 Å². The lowest BCUT2D eigenvalue weighted by atomic mass is 10.0. The van der Waals surface area contributed by atoms with E-state index in [0.29, 0.717) is 10.6 Å². The second-order valence-corrected chi connectivity index (χ2v) is 6.44. The van der Waals surface area contributed by atoms with Crippen molar-refractivity contribution in [3.05, 3.63) is 69.2 Å². The van der Waals surface area contributed by atoms with Gasteiger partial charge in [-0.05, 0) is 17.7 Å². The molecule has 2 atom stereocenters. The van der Waals surface area contributed by atoms with E-state index in [4.69, 9.17) is 16.3 Å². The Bertz CT molecular complexity index is 684. The molecule has 1 amide bonds. The van der Waals surface area contributed by atoms with Crippen molar-refractivity contribution in [2.24, 2.45) is 0 Å². The van der Waals surface area contributed by atoms with Gasteiger partial charge in [0, 0.05) is 21.6 Å². The molecule has 5 nitrogen and oxygen atoms in total. The average Bonchev–Trinajstić information content (AvgIpc) is 2.58. The van der Waals surface area contributed by atoms with E-state index < -0.39 is 18.3 Å². The van der Waals surface area contributed by atoms with E-state index in [1.807, 2.05) is 30.3 Å². The number of carbonyl (C=O) groups excluding carboxylic acids is 1. The first-order chi connectivity index (χ1) is 11.5. The van der Waals surface area contributed by atoms with Crippen LogP contribution in [-0.2, 0) is 11.3 Å². The second kappa shape index (κ2) is 9.03. The maximum atomic E-state index is 11.6. The molecule has 2 unspecified atom stereocenters. The highest BCUT2D eigenvalue weighted by Gasteiger charge is 2.21. The van der Waals surface area contributed by atoms with Crippen LogP contribution in [0, 0.1) is 0 Å². The molecular formula is C17H17BrClNO4. The van der Waals surface area contributed by atoms with E-state index in [1.165, 1.54) is 0 Å². The highest BCUT2D eigenvalue weighted by atomic mass is 79.9. The highest BCUT2D eigenvalue weighted by Crippen LogP contribution is 2.28. The number of nitrogens with one attached hydrogen (secondary N) is 1. The molecular weight excluding hydrogens is 398 g/mol. The van der Waals surface area contributed by atoms with Gasteiger partial charge in [0.25, 0.3) is 0 Å². The number of benzene rings is 2. The third kappa shape index (κ3) is 5.49. The Morgan fingerprint density at radius 3 is 2.58 bits per heavy atom. The summed E-state index contributed by atoms with van der Waals surface area (Å²) in [7, 11) is 0. The molecule has 0 radical (unpaired) electrons. The molecule has 0 saturated heterocycles. The number of hydrogen-bond acceptors (Lipinski definition) is 4. The summed E-state index contributed by atoms with van der Waals surface area (Å²) in [5.74, 6) is 0. The first-order valence-corrected chi connectivity index (χ1v) is 8.40. The van der Waals surface area contributed by atoms with Gasteiger partial charge in [0.1, 0.15) is 18.8 Å². The number of rotatable bonds is 6. The quantitative estimate of drug-likeness (QED) is 0.677. The molecule has 0 aliphatic rings. The lowest BCUT2D eigenvalue weighted by Crippen LogP contribution is -2.35. The molecule has 0 aromatic heterocycles. The van der Waals surface area contributed by atoms with E-state index in [2.05, 4.69) is 21.2 Å². The topological polar surface area (TPSA) is 78.8 Å². The van der Waals surface area contributed by atoms with Crippen LogP contribution in [0.15, 0.2) is 53.0 Å². The van der Waals surface area contributed by atoms with Crippen molar-refractivity contribution in [3.63, 3.8) is 0 Å². The molecule has 0 aliphatic heterocycles. The summed E-state index contributed by atoms with van der Waals surface area (Å²) >= 11 is 9.30.